The lowest BCUT2D eigenvalue weighted by molar-refractivity contribution is -0.139. The molecule has 2 rings (SSSR count). The van der Waals surface area contributed by atoms with Crippen molar-refractivity contribution in [2.24, 2.45) is 0 Å². The number of carbonyl (C=O) groups excluding carboxylic acids is 2. The van der Waals surface area contributed by atoms with Crippen molar-refractivity contribution in [3.63, 3.8) is 0 Å². The molecule has 0 bridgehead atoms. The summed E-state index contributed by atoms with van der Waals surface area (Å²) in [7, 11) is -3.89. The molecule has 2 aromatic carbocycles. The van der Waals surface area contributed by atoms with Crippen LogP contribution in [0.3, 0.4) is 0 Å². The molecular formula is C24H31Cl2N3O4S. The van der Waals surface area contributed by atoms with Crippen molar-refractivity contribution in [2.45, 2.75) is 52.7 Å². The van der Waals surface area contributed by atoms with Gasteiger partial charge in [-0.15, -0.1) is 0 Å². The van der Waals surface area contributed by atoms with Gasteiger partial charge < -0.3 is 10.2 Å². The summed E-state index contributed by atoms with van der Waals surface area (Å²) in [5.74, 6) is -0.865. The monoisotopic (exact) mass is 527 g/mol. The van der Waals surface area contributed by atoms with Crippen molar-refractivity contribution in [2.75, 3.05) is 17.1 Å². The van der Waals surface area contributed by atoms with Crippen molar-refractivity contribution in [3.05, 3.63) is 63.6 Å². The highest BCUT2D eigenvalue weighted by molar-refractivity contribution is 7.92. The highest BCUT2D eigenvalue weighted by Gasteiger charge is 2.31. The van der Waals surface area contributed by atoms with Gasteiger partial charge in [0.1, 0.15) is 12.6 Å². The average molecular weight is 529 g/mol. The molecule has 0 saturated carbocycles. The van der Waals surface area contributed by atoms with Gasteiger partial charge in [-0.25, -0.2) is 8.42 Å². The van der Waals surface area contributed by atoms with Gasteiger partial charge in [-0.2, -0.15) is 0 Å². The number of hydrogen-bond acceptors (Lipinski definition) is 4. The first kappa shape index (κ1) is 28.0. The fraction of sp³-hybridized carbons (Fsp3) is 0.417. The summed E-state index contributed by atoms with van der Waals surface area (Å²) >= 11 is 12.3. The third-order valence-corrected chi connectivity index (χ3v) is 7.46. The summed E-state index contributed by atoms with van der Waals surface area (Å²) in [5.41, 5.74) is 1.97. The molecule has 2 amide bonds. The molecule has 0 spiro atoms. The molecule has 2 aromatic rings. The molecule has 0 heterocycles. The zero-order valence-corrected chi connectivity index (χ0v) is 22.3. The predicted octanol–water partition coefficient (Wildman–Crippen LogP) is 4.40. The van der Waals surface area contributed by atoms with E-state index in [1.807, 2.05) is 45.0 Å². The molecule has 0 fully saturated rings. The maximum Gasteiger partial charge on any atom is 0.244 e. The van der Waals surface area contributed by atoms with Crippen LogP contribution < -0.4 is 9.62 Å². The number of halogens is 2. The third kappa shape index (κ3) is 7.35. The second-order valence-corrected chi connectivity index (χ2v) is 11.0. The molecule has 10 heteroatoms. The minimum absolute atomic E-state index is 0.0232. The van der Waals surface area contributed by atoms with Crippen LogP contribution in [0.1, 0.15) is 38.3 Å². The summed E-state index contributed by atoms with van der Waals surface area (Å²) in [5, 5.41) is 3.08. The van der Waals surface area contributed by atoms with E-state index in [2.05, 4.69) is 5.32 Å². The van der Waals surface area contributed by atoms with Crippen LogP contribution in [-0.2, 0) is 26.2 Å². The van der Waals surface area contributed by atoms with Crippen LogP contribution in [0.25, 0.3) is 0 Å². The Bertz CT molecular complexity index is 1120. The van der Waals surface area contributed by atoms with E-state index in [-0.39, 0.29) is 34.2 Å². The Morgan fingerprint density at radius 2 is 1.68 bits per heavy atom. The zero-order valence-electron chi connectivity index (χ0n) is 20.0. The minimum Gasteiger partial charge on any atom is -0.352 e. The van der Waals surface area contributed by atoms with Crippen LogP contribution in [-0.4, -0.2) is 50.0 Å². The Labute approximate surface area is 212 Å². The molecule has 0 saturated heterocycles. The maximum absolute atomic E-state index is 13.5. The predicted molar refractivity (Wildman–Crippen MR) is 138 cm³/mol. The highest BCUT2D eigenvalue weighted by Crippen LogP contribution is 2.33. The van der Waals surface area contributed by atoms with Gasteiger partial charge in [-0.05, 0) is 44.9 Å². The number of sulfonamides is 1. The number of benzene rings is 2. The van der Waals surface area contributed by atoms with E-state index in [9.17, 15) is 18.0 Å². The first-order valence-electron chi connectivity index (χ1n) is 10.9. The van der Waals surface area contributed by atoms with Crippen LogP contribution in [0.4, 0.5) is 5.69 Å². The quantitative estimate of drug-likeness (QED) is 0.495. The topological polar surface area (TPSA) is 86.8 Å². The molecule has 2 unspecified atom stereocenters. The van der Waals surface area contributed by atoms with Crippen molar-refractivity contribution >= 4 is 50.7 Å². The van der Waals surface area contributed by atoms with E-state index in [1.54, 1.807) is 13.0 Å². The van der Waals surface area contributed by atoms with Gasteiger partial charge in [0.05, 0.1) is 22.0 Å². The fourth-order valence-electron chi connectivity index (χ4n) is 3.22. The lowest BCUT2D eigenvalue weighted by Crippen LogP contribution is -2.52. The second kappa shape index (κ2) is 11.9. The number of rotatable bonds is 10. The van der Waals surface area contributed by atoms with Gasteiger partial charge in [0.15, 0.2) is 0 Å². The van der Waals surface area contributed by atoms with Crippen molar-refractivity contribution < 1.29 is 18.0 Å². The lowest BCUT2D eigenvalue weighted by atomic mass is 10.1. The number of hydrogen-bond donors (Lipinski definition) is 1. The van der Waals surface area contributed by atoms with Crippen molar-refractivity contribution in [1.82, 2.24) is 10.2 Å². The van der Waals surface area contributed by atoms with Gasteiger partial charge in [-0.1, -0.05) is 66.0 Å². The molecule has 0 aliphatic rings. The van der Waals surface area contributed by atoms with E-state index in [4.69, 9.17) is 23.2 Å². The molecule has 0 aliphatic carbocycles. The van der Waals surface area contributed by atoms with Crippen LogP contribution >= 0.6 is 23.2 Å². The van der Waals surface area contributed by atoms with Crippen LogP contribution in [0.5, 0.6) is 0 Å². The number of nitrogens with zero attached hydrogens (tertiary/aromatic N) is 2. The van der Waals surface area contributed by atoms with Crippen molar-refractivity contribution in [3.8, 4) is 0 Å². The normalized spacial score (nSPS) is 13.1. The van der Waals surface area contributed by atoms with Gasteiger partial charge in [0, 0.05) is 12.6 Å². The first-order valence-corrected chi connectivity index (χ1v) is 13.5. The Hall–Kier alpha value is -2.29. The summed E-state index contributed by atoms with van der Waals surface area (Å²) in [4.78, 5) is 27.8. The van der Waals surface area contributed by atoms with Gasteiger partial charge in [0.2, 0.25) is 21.8 Å². The Morgan fingerprint density at radius 1 is 1.06 bits per heavy atom. The number of carbonyl (C=O) groups is 2. The molecule has 34 heavy (non-hydrogen) atoms. The largest absolute Gasteiger partial charge is 0.352 e. The maximum atomic E-state index is 13.5. The zero-order chi connectivity index (χ0) is 25.6. The van der Waals surface area contributed by atoms with E-state index >= 15 is 0 Å². The molecule has 0 radical (unpaired) electrons. The van der Waals surface area contributed by atoms with Crippen molar-refractivity contribution in [1.29, 1.82) is 0 Å². The SMILES string of the molecule is CCC(C)NC(=O)C(C)N(Cc1ccc(C)cc1)C(=O)CN(c1cccc(Cl)c1Cl)S(C)(=O)=O. The number of nitrogens with one attached hydrogen (secondary N) is 1. The Morgan fingerprint density at radius 3 is 2.24 bits per heavy atom. The average Bonchev–Trinajstić information content (AvgIpc) is 2.77. The molecular weight excluding hydrogens is 497 g/mol. The van der Waals surface area contributed by atoms with Gasteiger partial charge in [-0.3, -0.25) is 13.9 Å². The van der Waals surface area contributed by atoms with Crippen LogP contribution in [0.15, 0.2) is 42.5 Å². The molecule has 0 aromatic heterocycles. The van der Waals surface area contributed by atoms with Crippen LogP contribution in [0.2, 0.25) is 10.0 Å². The van der Waals surface area contributed by atoms with Crippen LogP contribution in [0, 0.1) is 6.92 Å². The number of amides is 2. The van der Waals surface area contributed by atoms with E-state index in [0.29, 0.717) is 0 Å². The third-order valence-electron chi connectivity index (χ3n) is 5.52. The highest BCUT2D eigenvalue weighted by atomic mass is 35.5. The summed E-state index contributed by atoms with van der Waals surface area (Å²) in [6.07, 6.45) is 1.72. The van der Waals surface area contributed by atoms with Gasteiger partial charge in [0.25, 0.3) is 0 Å². The van der Waals surface area contributed by atoms with E-state index in [0.717, 1.165) is 28.1 Å². The first-order chi connectivity index (χ1) is 15.8. The lowest BCUT2D eigenvalue weighted by Gasteiger charge is -2.32. The Kier molecular flexibility index (Phi) is 9.79. The smallest absolute Gasteiger partial charge is 0.244 e. The van der Waals surface area contributed by atoms with Gasteiger partial charge >= 0.3 is 0 Å². The summed E-state index contributed by atoms with van der Waals surface area (Å²) in [6, 6.07) is 11.2. The molecule has 0 aliphatic heterocycles. The molecule has 2 atom stereocenters. The second-order valence-electron chi connectivity index (χ2n) is 8.34. The number of aryl methyl sites for hydroxylation is 1. The standard InChI is InChI=1S/C24H31Cl2N3O4S/c1-6-17(3)27-24(31)18(4)28(14-19-12-10-16(2)11-13-19)22(30)15-29(34(5,32)33)21-9-7-8-20(25)23(21)26/h7-13,17-18H,6,14-15H2,1-5H3,(H,27,31). The minimum atomic E-state index is -3.89. The Balaban J connectivity index is 2.42. The molecule has 186 valence electrons. The van der Waals surface area contributed by atoms with E-state index in [1.165, 1.54) is 17.0 Å². The van der Waals surface area contributed by atoms with E-state index < -0.39 is 28.5 Å². The fourth-order valence-corrected chi connectivity index (χ4v) is 4.52. The summed E-state index contributed by atoms with van der Waals surface area (Å²) < 4.78 is 26.1. The molecule has 7 nitrogen and oxygen atoms in total. The number of anilines is 1. The summed E-state index contributed by atoms with van der Waals surface area (Å²) in [6.45, 7) is 7.00. The molecule has 1 N–H and O–H groups in total.